The normalized spacial score (nSPS) is 21.1. The largest absolute Gasteiger partial charge is 0.338 e. The second kappa shape index (κ2) is 4.24. The van der Waals surface area contributed by atoms with Gasteiger partial charge >= 0.3 is 0 Å². The molecule has 1 N–H and O–H groups in total. The van der Waals surface area contributed by atoms with Crippen LogP contribution in [0.25, 0.3) is 0 Å². The molecule has 1 unspecified atom stereocenters. The van der Waals surface area contributed by atoms with Gasteiger partial charge in [0.1, 0.15) is 11.8 Å². The summed E-state index contributed by atoms with van der Waals surface area (Å²) in [5, 5.41) is 12.1. The maximum atomic E-state index is 8.74. The molecule has 1 fully saturated rings. The van der Waals surface area contributed by atoms with Gasteiger partial charge in [0.05, 0.1) is 0 Å². The molecule has 15 heavy (non-hydrogen) atoms. The lowest BCUT2D eigenvalue weighted by Gasteiger charge is -2.31. The minimum atomic E-state index is 0.422. The Balaban J connectivity index is 2.18. The fraction of sp³-hybridized carbons (Fsp3) is 0.500. The van der Waals surface area contributed by atoms with Crippen molar-refractivity contribution in [2.24, 2.45) is 0 Å². The van der Waals surface area contributed by atoms with Crippen LogP contribution < -0.4 is 10.2 Å². The minimum Gasteiger partial charge on any atom is -0.338 e. The van der Waals surface area contributed by atoms with E-state index in [0.29, 0.717) is 17.7 Å². The van der Waals surface area contributed by atoms with Gasteiger partial charge in [-0.3, -0.25) is 0 Å². The predicted octanol–water partition coefficient (Wildman–Crippen LogP) is 0.146. The first kappa shape index (κ1) is 9.87. The lowest BCUT2D eigenvalue weighted by molar-refractivity contribution is 0.479. The van der Waals surface area contributed by atoms with Crippen LogP contribution in [0, 0.1) is 11.3 Å². The quantitative estimate of drug-likeness (QED) is 0.703. The highest BCUT2D eigenvalue weighted by Gasteiger charge is 2.17. The first-order valence-corrected chi connectivity index (χ1v) is 5.01. The fourth-order valence-electron chi connectivity index (χ4n) is 1.68. The average Bonchev–Trinajstić information content (AvgIpc) is 2.29. The molecular weight excluding hydrogens is 190 g/mol. The maximum Gasteiger partial charge on any atom is 0.226 e. The summed E-state index contributed by atoms with van der Waals surface area (Å²) in [6.45, 7) is 4.83. The van der Waals surface area contributed by atoms with Crippen LogP contribution in [0.3, 0.4) is 0 Å². The molecule has 78 valence electrons. The van der Waals surface area contributed by atoms with Gasteiger partial charge in [-0.15, -0.1) is 0 Å². The zero-order chi connectivity index (χ0) is 10.7. The molecule has 2 rings (SSSR count). The Hall–Kier alpha value is -1.67. The number of nitrogens with one attached hydrogen (secondary N) is 1. The number of anilines is 1. The third-order valence-electron chi connectivity index (χ3n) is 2.41. The Morgan fingerprint density at radius 2 is 2.53 bits per heavy atom. The summed E-state index contributed by atoms with van der Waals surface area (Å²) < 4.78 is 0. The monoisotopic (exact) mass is 203 g/mol. The highest BCUT2D eigenvalue weighted by atomic mass is 15.3. The van der Waals surface area contributed by atoms with Crippen LogP contribution in [0.15, 0.2) is 12.3 Å². The maximum absolute atomic E-state index is 8.74. The summed E-state index contributed by atoms with van der Waals surface area (Å²) in [6.07, 6.45) is 1.63. The van der Waals surface area contributed by atoms with Crippen molar-refractivity contribution in [2.75, 3.05) is 24.5 Å². The molecular formula is C10H13N5. The zero-order valence-corrected chi connectivity index (χ0v) is 8.64. The molecule has 0 aliphatic carbocycles. The third-order valence-corrected chi connectivity index (χ3v) is 2.41. The highest BCUT2D eigenvalue weighted by molar-refractivity contribution is 5.34. The molecule has 0 spiro atoms. The van der Waals surface area contributed by atoms with E-state index < -0.39 is 0 Å². The lowest BCUT2D eigenvalue weighted by Crippen LogP contribution is -2.49. The van der Waals surface area contributed by atoms with Gasteiger partial charge in [-0.2, -0.15) is 5.26 Å². The van der Waals surface area contributed by atoms with Crippen LogP contribution in [0.2, 0.25) is 0 Å². The van der Waals surface area contributed by atoms with Gasteiger partial charge in [-0.1, -0.05) is 0 Å². The Morgan fingerprint density at radius 1 is 1.67 bits per heavy atom. The lowest BCUT2D eigenvalue weighted by atomic mass is 10.2. The highest BCUT2D eigenvalue weighted by Crippen LogP contribution is 2.09. The van der Waals surface area contributed by atoms with Crippen LogP contribution in [-0.4, -0.2) is 35.6 Å². The van der Waals surface area contributed by atoms with Crippen LogP contribution in [0.1, 0.15) is 12.6 Å². The summed E-state index contributed by atoms with van der Waals surface area (Å²) in [7, 11) is 0. The Bertz CT molecular complexity index is 384. The molecule has 0 aromatic carbocycles. The van der Waals surface area contributed by atoms with Crippen LogP contribution in [0.4, 0.5) is 5.95 Å². The Kier molecular flexibility index (Phi) is 2.79. The van der Waals surface area contributed by atoms with Gasteiger partial charge in [0.2, 0.25) is 5.95 Å². The number of nitrogens with zero attached hydrogens (tertiary/aromatic N) is 4. The van der Waals surface area contributed by atoms with Gasteiger partial charge < -0.3 is 10.2 Å². The van der Waals surface area contributed by atoms with E-state index >= 15 is 0 Å². The van der Waals surface area contributed by atoms with Gasteiger partial charge in [0, 0.05) is 31.9 Å². The molecule has 1 aromatic heterocycles. The molecule has 1 atom stereocenters. The van der Waals surface area contributed by atoms with Crippen molar-refractivity contribution in [3.63, 3.8) is 0 Å². The summed E-state index contributed by atoms with van der Waals surface area (Å²) in [6, 6.07) is 4.08. The molecule has 0 saturated carbocycles. The van der Waals surface area contributed by atoms with E-state index in [2.05, 4.69) is 27.1 Å². The van der Waals surface area contributed by atoms with E-state index in [1.807, 2.05) is 6.07 Å². The van der Waals surface area contributed by atoms with Crippen molar-refractivity contribution < 1.29 is 0 Å². The molecule has 1 aliphatic heterocycles. The van der Waals surface area contributed by atoms with Crippen molar-refractivity contribution in [1.29, 1.82) is 5.26 Å². The molecule has 0 bridgehead atoms. The van der Waals surface area contributed by atoms with Gasteiger partial charge in [0.15, 0.2) is 0 Å². The van der Waals surface area contributed by atoms with Crippen molar-refractivity contribution in [2.45, 2.75) is 13.0 Å². The zero-order valence-electron chi connectivity index (χ0n) is 8.64. The van der Waals surface area contributed by atoms with Crippen molar-refractivity contribution in [1.82, 2.24) is 15.3 Å². The summed E-state index contributed by atoms with van der Waals surface area (Å²) in [4.78, 5) is 10.5. The molecule has 5 nitrogen and oxygen atoms in total. The fourth-order valence-corrected chi connectivity index (χ4v) is 1.68. The number of hydrogen-bond acceptors (Lipinski definition) is 5. The van der Waals surface area contributed by atoms with Crippen molar-refractivity contribution in [3.8, 4) is 6.07 Å². The smallest absolute Gasteiger partial charge is 0.226 e. The van der Waals surface area contributed by atoms with Gasteiger partial charge in [-0.25, -0.2) is 9.97 Å². The van der Waals surface area contributed by atoms with Gasteiger partial charge in [0.25, 0.3) is 0 Å². The molecule has 1 saturated heterocycles. The van der Waals surface area contributed by atoms with E-state index in [4.69, 9.17) is 5.26 Å². The first-order chi connectivity index (χ1) is 7.29. The molecule has 1 aliphatic rings. The van der Waals surface area contributed by atoms with Crippen LogP contribution in [0.5, 0.6) is 0 Å². The predicted molar refractivity (Wildman–Crippen MR) is 56.4 cm³/mol. The van der Waals surface area contributed by atoms with E-state index in [-0.39, 0.29) is 0 Å². The molecule has 2 heterocycles. The topological polar surface area (TPSA) is 64.8 Å². The van der Waals surface area contributed by atoms with Crippen LogP contribution >= 0.6 is 0 Å². The molecule has 0 radical (unpaired) electrons. The molecule has 1 aromatic rings. The van der Waals surface area contributed by atoms with E-state index in [9.17, 15) is 0 Å². The molecule has 0 amide bonds. The first-order valence-electron chi connectivity index (χ1n) is 5.01. The number of nitriles is 1. The summed E-state index contributed by atoms with van der Waals surface area (Å²) >= 11 is 0. The van der Waals surface area contributed by atoms with E-state index in [1.165, 1.54) is 0 Å². The van der Waals surface area contributed by atoms with Gasteiger partial charge in [-0.05, 0) is 13.0 Å². The SMILES string of the molecule is CC1CN(c2nccc(C#N)n2)CCN1. The second-order valence-corrected chi connectivity index (χ2v) is 3.65. The van der Waals surface area contributed by atoms with Crippen molar-refractivity contribution >= 4 is 5.95 Å². The Morgan fingerprint density at radius 3 is 3.27 bits per heavy atom. The number of hydrogen-bond donors (Lipinski definition) is 1. The number of aromatic nitrogens is 2. The summed E-state index contributed by atoms with van der Waals surface area (Å²) in [5.74, 6) is 0.655. The second-order valence-electron chi connectivity index (χ2n) is 3.65. The number of rotatable bonds is 1. The van der Waals surface area contributed by atoms with E-state index in [1.54, 1.807) is 12.3 Å². The van der Waals surface area contributed by atoms with Crippen LogP contribution in [-0.2, 0) is 0 Å². The standard InChI is InChI=1S/C10H13N5/c1-8-7-15(5-4-12-8)10-13-3-2-9(6-11)14-10/h2-3,8,12H,4-5,7H2,1H3. The number of piperazine rings is 1. The third kappa shape index (κ3) is 2.22. The Labute approximate surface area is 88.8 Å². The molecule has 5 heteroatoms. The summed E-state index contributed by atoms with van der Waals surface area (Å²) in [5.41, 5.74) is 0.422. The van der Waals surface area contributed by atoms with Crippen molar-refractivity contribution in [3.05, 3.63) is 18.0 Å². The van der Waals surface area contributed by atoms with E-state index in [0.717, 1.165) is 19.6 Å². The average molecular weight is 203 g/mol. The minimum absolute atomic E-state index is 0.422.